The molecule has 0 aliphatic heterocycles. The number of urea groups is 1. The average Bonchev–Trinajstić information content (AvgIpc) is 2.46. The van der Waals surface area contributed by atoms with Crippen molar-refractivity contribution in [1.29, 1.82) is 0 Å². The highest BCUT2D eigenvalue weighted by molar-refractivity contribution is 5.74. The van der Waals surface area contributed by atoms with Crippen LogP contribution in [0.3, 0.4) is 0 Å². The van der Waals surface area contributed by atoms with Crippen molar-refractivity contribution in [2.45, 2.75) is 39.8 Å². The number of amides is 2. The summed E-state index contributed by atoms with van der Waals surface area (Å²) in [6.45, 7) is 7.08. The molecule has 0 aromatic heterocycles. The monoisotopic (exact) mass is 278 g/mol. The number of carbonyl (C=O) groups excluding carboxylic acids is 1. The Kier molecular flexibility index (Phi) is 7.09. The maximum atomic E-state index is 12.3. The van der Waals surface area contributed by atoms with Crippen LogP contribution in [0.5, 0.6) is 0 Å². The van der Waals surface area contributed by atoms with Crippen molar-refractivity contribution in [2.24, 2.45) is 5.92 Å². The second-order valence-electron chi connectivity index (χ2n) is 5.25. The third kappa shape index (κ3) is 5.21. The molecule has 0 fully saturated rings. The van der Waals surface area contributed by atoms with Gasteiger partial charge in [-0.3, -0.25) is 0 Å². The summed E-state index contributed by atoms with van der Waals surface area (Å²) < 4.78 is 0. The van der Waals surface area contributed by atoms with Crippen molar-refractivity contribution in [3.63, 3.8) is 0 Å². The standard InChI is InChI=1S/C16H26N2O2/c1-4-13(2)14(3)17-16(20)18(10-11-19)12-15-8-6-5-7-9-15/h5-9,13-14,19H,4,10-12H2,1-3H3,(H,17,20). The van der Waals surface area contributed by atoms with E-state index in [0.29, 0.717) is 19.0 Å². The fourth-order valence-corrected chi connectivity index (χ4v) is 1.96. The van der Waals surface area contributed by atoms with Crippen LogP contribution >= 0.6 is 0 Å². The third-order valence-electron chi connectivity index (χ3n) is 3.72. The SMILES string of the molecule is CCC(C)C(C)NC(=O)N(CCO)Cc1ccccc1. The quantitative estimate of drug-likeness (QED) is 0.805. The van der Waals surface area contributed by atoms with Gasteiger partial charge in [0.05, 0.1) is 6.61 Å². The molecule has 0 aliphatic rings. The lowest BCUT2D eigenvalue weighted by molar-refractivity contribution is 0.168. The Morgan fingerprint density at radius 1 is 1.30 bits per heavy atom. The van der Waals surface area contributed by atoms with Crippen molar-refractivity contribution in [3.05, 3.63) is 35.9 Å². The fraction of sp³-hybridized carbons (Fsp3) is 0.562. The number of rotatable bonds is 7. The van der Waals surface area contributed by atoms with Gasteiger partial charge in [0.2, 0.25) is 0 Å². The van der Waals surface area contributed by atoms with Crippen LogP contribution in [-0.4, -0.2) is 35.2 Å². The molecular weight excluding hydrogens is 252 g/mol. The summed E-state index contributed by atoms with van der Waals surface area (Å²) in [5.74, 6) is 0.437. The zero-order valence-electron chi connectivity index (χ0n) is 12.7. The Balaban J connectivity index is 2.63. The van der Waals surface area contributed by atoms with E-state index < -0.39 is 0 Å². The molecule has 2 amide bonds. The Labute approximate surface area is 121 Å². The summed E-state index contributed by atoms with van der Waals surface area (Å²) in [5, 5.41) is 12.1. The first-order valence-electron chi connectivity index (χ1n) is 7.28. The predicted octanol–water partition coefficient (Wildman–Crippen LogP) is 2.63. The van der Waals surface area contributed by atoms with Crippen LogP contribution in [0.2, 0.25) is 0 Å². The minimum atomic E-state index is -0.115. The maximum Gasteiger partial charge on any atom is 0.317 e. The van der Waals surface area contributed by atoms with E-state index in [9.17, 15) is 4.79 Å². The molecule has 0 saturated carbocycles. The van der Waals surface area contributed by atoms with Gasteiger partial charge < -0.3 is 15.3 Å². The highest BCUT2D eigenvalue weighted by Gasteiger charge is 2.18. The molecule has 2 atom stereocenters. The summed E-state index contributed by atoms with van der Waals surface area (Å²) in [4.78, 5) is 13.9. The molecule has 0 spiro atoms. The number of nitrogens with one attached hydrogen (secondary N) is 1. The van der Waals surface area contributed by atoms with Crippen LogP contribution in [0, 0.1) is 5.92 Å². The number of hydrogen-bond acceptors (Lipinski definition) is 2. The van der Waals surface area contributed by atoms with Crippen LogP contribution < -0.4 is 5.32 Å². The van der Waals surface area contributed by atoms with E-state index in [2.05, 4.69) is 19.2 Å². The largest absolute Gasteiger partial charge is 0.395 e. The normalized spacial score (nSPS) is 13.6. The number of aliphatic hydroxyl groups is 1. The topological polar surface area (TPSA) is 52.6 Å². The Morgan fingerprint density at radius 2 is 1.95 bits per heavy atom. The summed E-state index contributed by atoms with van der Waals surface area (Å²) in [5.41, 5.74) is 1.06. The van der Waals surface area contributed by atoms with Gasteiger partial charge in [0.15, 0.2) is 0 Å². The number of aliphatic hydroxyl groups excluding tert-OH is 1. The van der Waals surface area contributed by atoms with Gasteiger partial charge in [0.25, 0.3) is 0 Å². The average molecular weight is 278 g/mol. The van der Waals surface area contributed by atoms with Crippen LogP contribution in [-0.2, 0) is 6.54 Å². The first kappa shape index (κ1) is 16.5. The number of carbonyl (C=O) groups is 1. The van der Waals surface area contributed by atoms with Crippen LogP contribution in [0.1, 0.15) is 32.8 Å². The van der Waals surface area contributed by atoms with Crippen molar-refractivity contribution in [2.75, 3.05) is 13.2 Å². The molecule has 1 rings (SSSR count). The van der Waals surface area contributed by atoms with E-state index >= 15 is 0 Å². The molecule has 112 valence electrons. The summed E-state index contributed by atoms with van der Waals surface area (Å²) >= 11 is 0. The van der Waals surface area contributed by atoms with E-state index in [1.165, 1.54) is 0 Å². The fourth-order valence-electron chi connectivity index (χ4n) is 1.96. The zero-order valence-corrected chi connectivity index (χ0v) is 12.7. The van der Waals surface area contributed by atoms with Crippen LogP contribution in [0.25, 0.3) is 0 Å². The highest BCUT2D eigenvalue weighted by Crippen LogP contribution is 2.09. The second kappa shape index (κ2) is 8.59. The summed E-state index contributed by atoms with van der Waals surface area (Å²) in [7, 11) is 0. The molecular formula is C16H26N2O2. The highest BCUT2D eigenvalue weighted by atomic mass is 16.3. The summed E-state index contributed by atoms with van der Waals surface area (Å²) in [6, 6.07) is 9.83. The lowest BCUT2D eigenvalue weighted by Crippen LogP contribution is -2.46. The number of benzene rings is 1. The van der Waals surface area contributed by atoms with Crippen molar-refractivity contribution < 1.29 is 9.90 Å². The lowest BCUT2D eigenvalue weighted by atomic mass is 10.0. The molecule has 4 nitrogen and oxygen atoms in total. The zero-order chi connectivity index (χ0) is 15.0. The van der Waals surface area contributed by atoms with Crippen molar-refractivity contribution >= 4 is 6.03 Å². The molecule has 2 unspecified atom stereocenters. The van der Waals surface area contributed by atoms with E-state index in [-0.39, 0.29) is 18.7 Å². The predicted molar refractivity (Wildman–Crippen MR) is 81.4 cm³/mol. The minimum absolute atomic E-state index is 0.0298. The van der Waals surface area contributed by atoms with E-state index in [1.807, 2.05) is 37.3 Å². The Hall–Kier alpha value is -1.55. The first-order valence-corrected chi connectivity index (χ1v) is 7.28. The van der Waals surface area contributed by atoms with Gasteiger partial charge in [0, 0.05) is 19.1 Å². The smallest absolute Gasteiger partial charge is 0.317 e. The number of hydrogen-bond donors (Lipinski definition) is 2. The molecule has 2 N–H and O–H groups in total. The van der Waals surface area contributed by atoms with E-state index in [0.717, 1.165) is 12.0 Å². The minimum Gasteiger partial charge on any atom is -0.395 e. The Morgan fingerprint density at radius 3 is 2.50 bits per heavy atom. The van der Waals surface area contributed by atoms with Gasteiger partial charge in [-0.25, -0.2) is 4.79 Å². The molecule has 0 aliphatic carbocycles. The molecule has 20 heavy (non-hydrogen) atoms. The Bertz CT molecular complexity index is 395. The van der Waals surface area contributed by atoms with E-state index in [1.54, 1.807) is 4.90 Å². The summed E-state index contributed by atoms with van der Waals surface area (Å²) in [6.07, 6.45) is 1.03. The molecule has 4 heteroatoms. The van der Waals surface area contributed by atoms with Crippen molar-refractivity contribution in [3.8, 4) is 0 Å². The third-order valence-corrected chi connectivity index (χ3v) is 3.72. The van der Waals surface area contributed by atoms with Gasteiger partial charge in [-0.1, -0.05) is 50.6 Å². The molecule has 1 aromatic carbocycles. The van der Waals surface area contributed by atoms with Crippen LogP contribution in [0.4, 0.5) is 4.79 Å². The van der Waals surface area contributed by atoms with E-state index in [4.69, 9.17) is 5.11 Å². The molecule has 0 bridgehead atoms. The lowest BCUT2D eigenvalue weighted by Gasteiger charge is -2.27. The van der Waals surface area contributed by atoms with Gasteiger partial charge in [-0.05, 0) is 18.4 Å². The number of nitrogens with zero attached hydrogens (tertiary/aromatic N) is 1. The molecule has 1 aromatic rings. The molecule has 0 radical (unpaired) electrons. The first-order chi connectivity index (χ1) is 9.58. The van der Waals surface area contributed by atoms with Gasteiger partial charge in [-0.2, -0.15) is 0 Å². The molecule has 0 heterocycles. The van der Waals surface area contributed by atoms with Crippen LogP contribution in [0.15, 0.2) is 30.3 Å². The molecule has 0 saturated heterocycles. The van der Waals surface area contributed by atoms with Gasteiger partial charge in [-0.15, -0.1) is 0 Å². The van der Waals surface area contributed by atoms with Gasteiger partial charge >= 0.3 is 6.03 Å². The second-order valence-corrected chi connectivity index (χ2v) is 5.25. The maximum absolute atomic E-state index is 12.3. The van der Waals surface area contributed by atoms with Crippen molar-refractivity contribution in [1.82, 2.24) is 10.2 Å². The van der Waals surface area contributed by atoms with Gasteiger partial charge in [0.1, 0.15) is 0 Å².